The zero-order valence-corrected chi connectivity index (χ0v) is 13.7. The van der Waals surface area contributed by atoms with Crippen molar-refractivity contribution in [3.05, 3.63) is 42.0 Å². The summed E-state index contributed by atoms with van der Waals surface area (Å²) < 4.78 is 38.8. The average Bonchev–Trinajstić information content (AvgIpc) is 2.61. The molecular formula is C18H17F3N2O3. The number of aliphatic carboxylic acids is 1. The maximum atomic E-state index is 12.9. The van der Waals surface area contributed by atoms with E-state index >= 15 is 0 Å². The summed E-state index contributed by atoms with van der Waals surface area (Å²) in [7, 11) is 0. The Labute approximate surface area is 147 Å². The van der Waals surface area contributed by atoms with E-state index in [2.05, 4.69) is 4.98 Å². The second-order valence-corrected chi connectivity index (χ2v) is 6.21. The second-order valence-electron chi connectivity index (χ2n) is 6.21. The number of hydrogen-bond acceptors (Lipinski definition) is 4. The number of carbonyl (C=O) groups is 1. The molecule has 0 atom stereocenters. The predicted octanol–water partition coefficient (Wildman–Crippen LogP) is 3.77. The van der Waals surface area contributed by atoms with Crippen molar-refractivity contribution in [1.82, 2.24) is 4.98 Å². The van der Waals surface area contributed by atoms with Gasteiger partial charge in [0.15, 0.2) is 0 Å². The van der Waals surface area contributed by atoms with Gasteiger partial charge in [0.1, 0.15) is 11.6 Å². The third-order valence-electron chi connectivity index (χ3n) is 4.50. The summed E-state index contributed by atoms with van der Waals surface area (Å²) in [5.74, 6) is -0.947. The van der Waals surface area contributed by atoms with Crippen LogP contribution in [0.25, 0.3) is 11.3 Å². The van der Waals surface area contributed by atoms with Crippen LogP contribution < -0.4 is 4.90 Å². The zero-order chi connectivity index (χ0) is 18.9. The third-order valence-corrected chi connectivity index (χ3v) is 4.50. The average molecular weight is 366 g/mol. The number of alkyl halides is 3. The van der Waals surface area contributed by atoms with Gasteiger partial charge in [-0.1, -0.05) is 6.07 Å². The number of pyridine rings is 1. The number of phenols is 1. The van der Waals surface area contributed by atoms with Gasteiger partial charge in [-0.3, -0.25) is 4.79 Å². The van der Waals surface area contributed by atoms with Gasteiger partial charge in [0.25, 0.3) is 0 Å². The lowest BCUT2D eigenvalue weighted by Crippen LogP contribution is -2.36. The smallest absolute Gasteiger partial charge is 0.416 e. The van der Waals surface area contributed by atoms with Crippen LogP contribution in [0.5, 0.6) is 5.75 Å². The van der Waals surface area contributed by atoms with Gasteiger partial charge in [-0.2, -0.15) is 13.2 Å². The van der Waals surface area contributed by atoms with Crippen LogP contribution in [0.15, 0.2) is 36.4 Å². The Morgan fingerprint density at radius 3 is 2.46 bits per heavy atom. The van der Waals surface area contributed by atoms with Crippen LogP contribution in [0.4, 0.5) is 19.0 Å². The molecular weight excluding hydrogens is 349 g/mol. The Hall–Kier alpha value is -2.77. The van der Waals surface area contributed by atoms with E-state index in [4.69, 9.17) is 5.11 Å². The molecule has 1 aliphatic heterocycles. The largest absolute Gasteiger partial charge is 0.507 e. The van der Waals surface area contributed by atoms with Gasteiger partial charge in [-0.25, -0.2) is 4.98 Å². The molecule has 1 saturated heterocycles. The lowest BCUT2D eigenvalue weighted by atomic mass is 9.97. The fourth-order valence-corrected chi connectivity index (χ4v) is 3.02. The Balaban J connectivity index is 1.88. The highest BCUT2D eigenvalue weighted by molar-refractivity contribution is 5.71. The monoisotopic (exact) mass is 366 g/mol. The first kappa shape index (κ1) is 18.0. The quantitative estimate of drug-likeness (QED) is 0.865. The Kier molecular flexibility index (Phi) is 4.76. The highest BCUT2D eigenvalue weighted by atomic mass is 19.4. The van der Waals surface area contributed by atoms with Crippen molar-refractivity contribution in [2.45, 2.75) is 19.0 Å². The summed E-state index contributed by atoms with van der Waals surface area (Å²) in [6.07, 6.45) is -3.55. The molecule has 0 spiro atoms. The molecule has 2 heterocycles. The van der Waals surface area contributed by atoms with Gasteiger partial charge < -0.3 is 15.1 Å². The molecule has 5 nitrogen and oxygen atoms in total. The molecule has 0 radical (unpaired) electrons. The summed E-state index contributed by atoms with van der Waals surface area (Å²) in [5, 5.41) is 19.0. The minimum atomic E-state index is -4.52. The number of carboxylic acids is 1. The van der Waals surface area contributed by atoms with E-state index in [1.165, 1.54) is 6.07 Å². The number of halogens is 3. The first-order chi connectivity index (χ1) is 12.3. The Bertz CT molecular complexity index is 816. The number of anilines is 1. The summed E-state index contributed by atoms with van der Waals surface area (Å²) >= 11 is 0. The topological polar surface area (TPSA) is 73.7 Å². The molecule has 2 N–H and O–H groups in total. The van der Waals surface area contributed by atoms with Gasteiger partial charge in [-0.15, -0.1) is 0 Å². The molecule has 1 aromatic heterocycles. The zero-order valence-electron chi connectivity index (χ0n) is 13.7. The summed E-state index contributed by atoms with van der Waals surface area (Å²) in [4.78, 5) is 17.3. The molecule has 2 aromatic rings. The first-order valence-electron chi connectivity index (χ1n) is 8.11. The minimum absolute atomic E-state index is 0.00194. The van der Waals surface area contributed by atoms with E-state index in [0.717, 1.165) is 18.2 Å². The van der Waals surface area contributed by atoms with Crippen LogP contribution >= 0.6 is 0 Å². The molecule has 0 bridgehead atoms. The van der Waals surface area contributed by atoms with Gasteiger partial charge in [0.2, 0.25) is 0 Å². The number of carboxylic acid groups (broad SMARTS) is 1. The molecule has 3 rings (SSSR count). The first-order valence-corrected chi connectivity index (χ1v) is 8.11. The van der Waals surface area contributed by atoms with Crippen LogP contribution in [-0.4, -0.2) is 34.3 Å². The number of piperidine rings is 1. The molecule has 0 amide bonds. The predicted molar refractivity (Wildman–Crippen MR) is 88.9 cm³/mol. The van der Waals surface area contributed by atoms with E-state index in [1.54, 1.807) is 12.1 Å². The van der Waals surface area contributed by atoms with Crippen molar-refractivity contribution in [2.75, 3.05) is 18.0 Å². The molecule has 138 valence electrons. The van der Waals surface area contributed by atoms with Crippen LogP contribution in [0, 0.1) is 5.92 Å². The Morgan fingerprint density at radius 2 is 1.85 bits per heavy atom. The molecule has 8 heteroatoms. The second kappa shape index (κ2) is 6.86. The highest BCUT2D eigenvalue weighted by Crippen LogP contribution is 2.36. The number of nitrogens with zero attached hydrogens (tertiary/aromatic N) is 2. The summed E-state index contributed by atoms with van der Waals surface area (Å²) in [6, 6.07) is 7.60. The van der Waals surface area contributed by atoms with Crippen LogP contribution in [-0.2, 0) is 11.0 Å². The molecule has 0 aliphatic carbocycles. The SMILES string of the molecule is O=C(O)C1CCN(c2cccc(-c3cc(C(F)(F)F)ccc3O)n2)CC1. The molecule has 26 heavy (non-hydrogen) atoms. The van der Waals surface area contributed by atoms with Crippen LogP contribution in [0.3, 0.4) is 0 Å². The number of phenolic OH excluding ortho intramolecular Hbond substituents is 1. The van der Waals surface area contributed by atoms with E-state index in [-0.39, 0.29) is 22.9 Å². The van der Waals surface area contributed by atoms with Gasteiger partial charge in [0, 0.05) is 18.7 Å². The van der Waals surface area contributed by atoms with E-state index < -0.39 is 17.7 Å². The maximum absolute atomic E-state index is 12.9. The van der Waals surface area contributed by atoms with Gasteiger partial charge in [-0.05, 0) is 43.2 Å². The normalized spacial score (nSPS) is 15.9. The lowest BCUT2D eigenvalue weighted by Gasteiger charge is -2.31. The van der Waals surface area contributed by atoms with E-state index in [1.807, 2.05) is 4.90 Å². The Morgan fingerprint density at radius 1 is 1.15 bits per heavy atom. The third kappa shape index (κ3) is 3.74. The summed E-state index contributed by atoms with van der Waals surface area (Å²) in [5.41, 5.74) is -0.631. The number of rotatable bonds is 3. The van der Waals surface area contributed by atoms with Crippen molar-refractivity contribution < 1.29 is 28.2 Å². The standard InChI is InChI=1S/C18H17F3N2O3/c19-18(20,21)12-4-5-15(24)13(10-12)14-2-1-3-16(22-14)23-8-6-11(7-9-23)17(25)26/h1-5,10-11,24H,6-9H2,(H,25,26). The fraction of sp³-hybridized carbons (Fsp3) is 0.333. The van der Waals surface area contributed by atoms with E-state index in [9.17, 15) is 23.1 Å². The molecule has 0 saturated carbocycles. The van der Waals surface area contributed by atoms with Crippen molar-refractivity contribution >= 4 is 11.8 Å². The molecule has 1 aromatic carbocycles. The van der Waals surface area contributed by atoms with E-state index in [0.29, 0.717) is 31.7 Å². The number of aromatic nitrogens is 1. The van der Waals surface area contributed by atoms with Crippen molar-refractivity contribution in [1.29, 1.82) is 0 Å². The van der Waals surface area contributed by atoms with Crippen LogP contribution in [0.2, 0.25) is 0 Å². The number of hydrogen-bond donors (Lipinski definition) is 2. The maximum Gasteiger partial charge on any atom is 0.416 e. The van der Waals surface area contributed by atoms with Crippen molar-refractivity contribution in [2.24, 2.45) is 5.92 Å². The number of benzene rings is 1. The van der Waals surface area contributed by atoms with Crippen LogP contribution in [0.1, 0.15) is 18.4 Å². The van der Waals surface area contributed by atoms with Crippen molar-refractivity contribution in [3.8, 4) is 17.0 Å². The number of aromatic hydroxyl groups is 1. The van der Waals surface area contributed by atoms with Gasteiger partial charge in [0.05, 0.1) is 17.2 Å². The lowest BCUT2D eigenvalue weighted by molar-refractivity contribution is -0.142. The highest BCUT2D eigenvalue weighted by Gasteiger charge is 2.31. The van der Waals surface area contributed by atoms with Gasteiger partial charge >= 0.3 is 12.1 Å². The molecule has 1 aliphatic rings. The molecule has 1 fully saturated rings. The summed E-state index contributed by atoms with van der Waals surface area (Å²) in [6.45, 7) is 1.00. The van der Waals surface area contributed by atoms with Crippen molar-refractivity contribution in [3.63, 3.8) is 0 Å². The molecule has 0 unspecified atom stereocenters. The minimum Gasteiger partial charge on any atom is -0.507 e. The fourth-order valence-electron chi connectivity index (χ4n) is 3.02.